The number of hydrogen-bond donors (Lipinski definition) is 0. The molecule has 13 heteroatoms. The zero-order chi connectivity index (χ0) is 32.1. The van der Waals surface area contributed by atoms with Gasteiger partial charge in [-0.3, -0.25) is 9.59 Å². The van der Waals surface area contributed by atoms with Crippen LogP contribution in [0.25, 0.3) is 22.5 Å². The van der Waals surface area contributed by atoms with Gasteiger partial charge in [-0.2, -0.15) is 20.2 Å². The molecule has 0 saturated heterocycles. The fourth-order valence-electron chi connectivity index (χ4n) is 5.75. The second kappa shape index (κ2) is 12.4. The average Bonchev–Trinajstić information content (AvgIpc) is 3.84. The molecule has 0 spiro atoms. The highest BCUT2D eigenvalue weighted by Gasteiger charge is 2.50. The Balaban J connectivity index is 1.21. The minimum absolute atomic E-state index is 0.271. The number of thiazole rings is 2. The van der Waals surface area contributed by atoms with Crippen LogP contribution in [-0.2, 0) is 9.59 Å². The van der Waals surface area contributed by atoms with E-state index in [2.05, 4.69) is 10.2 Å². The summed E-state index contributed by atoms with van der Waals surface area (Å²) in [5.74, 6) is -2.64. The van der Waals surface area contributed by atoms with Crippen LogP contribution in [0.4, 0.5) is 10.3 Å². The summed E-state index contributed by atoms with van der Waals surface area (Å²) in [7, 11) is 0. The van der Waals surface area contributed by atoms with Gasteiger partial charge in [-0.15, -0.1) is 22.7 Å². The van der Waals surface area contributed by atoms with Crippen LogP contribution in [0.3, 0.4) is 0 Å². The molecule has 2 aliphatic rings. The number of hydrazone groups is 2. The fourth-order valence-corrected chi connectivity index (χ4v) is 7.71. The van der Waals surface area contributed by atoms with E-state index in [0.717, 1.165) is 16.7 Å². The summed E-state index contributed by atoms with van der Waals surface area (Å²) in [5, 5.41) is 18.4. The molecule has 8 nitrogen and oxygen atoms in total. The summed E-state index contributed by atoms with van der Waals surface area (Å²) in [6.07, 6.45) is 0. The zero-order valence-electron chi connectivity index (χ0n) is 24.3. The lowest BCUT2D eigenvalue weighted by Gasteiger charge is -2.28. The van der Waals surface area contributed by atoms with Crippen LogP contribution in [0.15, 0.2) is 93.8 Å². The minimum Gasteiger partial charge on any atom is -0.272 e. The van der Waals surface area contributed by atoms with Gasteiger partial charge in [-0.1, -0.05) is 71.2 Å². The fraction of sp³-hybridized carbons (Fsp3) is 0.152. The highest BCUT2D eigenvalue weighted by Crippen LogP contribution is 2.44. The largest absolute Gasteiger partial charge is 0.272 e. The van der Waals surface area contributed by atoms with E-state index in [1.807, 2.05) is 61.0 Å². The van der Waals surface area contributed by atoms with Gasteiger partial charge in [-0.25, -0.2) is 9.97 Å². The molecule has 2 aliphatic heterocycles. The number of hydrogen-bond acceptors (Lipinski definition) is 8. The molecular weight excluding hydrogens is 683 g/mol. The van der Waals surface area contributed by atoms with Crippen molar-refractivity contribution in [3.05, 3.63) is 104 Å². The topological polar surface area (TPSA) is 91.1 Å². The van der Waals surface area contributed by atoms with Crippen LogP contribution in [0, 0.1) is 11.8 Å². The van der Waals surface area contributed by atoms with Gasteiger partial charge >= 0.3 is 0 Å². The monoisotopic (exact) mass is 704 g/mol. The number of anilines is 2. The predicted molar refractivity (Wildman–Crippen MR) is 187 cm³/mol. The van der Waals surface area contributed by atoms with E-state index >= 15 is 0 Å². The van der Waals surface area contributed by atoms with Gasteiger partial charge in [0.15, 0.2) is 0 Å². The van der Waals surface area contributed by atoms with Crippen LogP contribution in [0.1, 0.15) is 25.3 Å². The Labute approximate surface area is 287 Å². The Bertz CT molecular complexity index is 1900. The summed E-state index contributed by atoms with van der Waals surface area (Å²) in [6, 6.07) is 21.9. The molecular formula is C33H23Cl3N6O2S2. The van der Waals surface area contributed by atoms with Crippen molar-refractivity contribution < 1.29 is 9.59 Å². The summed E-state index contributed by atoms with van der Waals surface area (Å²) in [4.78, 5) is 37.9. The Morgan fingerprint density at radius 3 is 1.37 bits per heavy atom. The lowest BCUT2D eigenvalue weighted by Crippen LogP contribution is -2.40. The molecule has 2 aromatic heterocycles. The van der Waals surface area contributed by atoms with Crippen molar-refractivity contribution in [2.75, 3.05) is 10.0 Å². The lowest BCUT2D eigenvalue weighted by molar-refractivity contribution is -0.122. The van der Waals surface area contributed by atoms with Crippen LogP contribution in [0.2, 0.25) is 15.1 Å². The third kappa shape index (κ3) is 5.65. The first kappa shape index (κ1) is 30.7. The molecule has 1 unspecified atom stereocenters. The van der Waals surface area contributed by atoms with Crippen molar-refractivity contribution in [1.29, 1.82) is 0 Å². The van der Waals surface area contributed by atoms with Crippen molar-refractivity contribution in [2.24, 2.45) is 22.0 Å². The molecule has 0 saturated carbocycles. The SMILES string of the molecule is CC1=NN(c2nc(-c3ccc(Cl)cc3)cs2)C(=O)[C@H]1C(c1ccc(Cl)cc1)[C@H]1C(=O)N(c2nc(-c3ccc(Cl)cc3)cs2)N=C1C. The standard InChI is InChI=1S/C33H23Cl3N6O2S2/c1-17-27(30(43)41(39-17)32-37-25(15-45-32)19-3-9-22(34)10-4-19)29(21-7-13-24(36)14-8-21)28-18(2)40-42(31(28)44)33-38-26(16-46-33)20-5-11-23(35)12-6-20/h3-16,27-29H,1-2H3/t27-,28+,29?. The second-order valence-corrected chi connectivity index (χ2v) is 13.8. The molecule has 4 heterocycles. The number of aromatic nitrogens is 2. The summed E-state index contributed by atoms with van der Waals surface area (Å²) >= 11 is 21.0. The Morgan fingerprint density at radius 1 is 0.609 bits per heavy atom. The first-order valence-electron chi connectivity index (χ1n) is 14.1. The zero-order valence-corrected chi connectivity index (χ0v) is 28.2. The maximum atomic E-state index is 14.2. The number of benzene rings is 3. The summed E-state index contributed by atoms with van der Waals surface area (Å²) in [6.45, 7) is 3.62. The summed E-state index contributed by atoms with van der Waals surface area (Å²) < 4.78 is 0. The molecule has 0 bridgehead atoms. The van der Waals surface area contributed by atoms with E-state index in [1.165, 1.54) is 32.7 Å². The van der Waals surface area contributed by atoms with Gasteiger partial charge in [0.05, 0.1) is 23.2 Å². The van der Waals surface area contributed by atoms with Gasteiger partial charge < -0.3 is 0 Å². The van der Waals surface area contributed by atoms with E-state index < -0.39 is 17.8 Å². The van der Waals surface area contributed by atoms with Gasteiger partial charge in [0.25, 0.3) is 11.8 Å². The van der Waals surface area contributed by atoms with Crippen LogP contribution in [0.5, 0.6) is 0 Å². The Hall–Kier alpha value is -3.93. The molecule has 3 aromatic carbocycles. The third-order valence-corrected chi connectivity index (χ3v) is 10.4. The third-order valence-electron chi connectivity index (χ3n) is 7.96. The molecule has 230 valence electrons. The highest BCUT2D eigenvalue weighted by molar-refractivity contribution is 7.14. The molecule has 0 fully saturated rings. The minimum atomic E-state index is -0.746. The van der Waals surface area contributed by atoms with Crippen LogP contribution >= 0.6 is 57.5 Å². The summed E-state index contributed by atoms with van der Waals surface area (Å²) in [5.41, 5.74) is 5.09. The van der Waals surface area contributed by atoms with Crippen molar-refractivity contribution in [2.45, 2.75) is 19.8 Å². The maximum absolute atomic E-state index is 14.2. The Kier molecular flexibility index (Phi) is 8.25. The molecule has 0 radical (unpaired) electrons. The van der Waals surface area contributed by atoms with Crippen LogP contribution in [-0.4, -0.2) is 33.2 Å². The van der Waals surface area contributed by atoms with E-state index in [0.29, 0.717) is 48.1 Å². The number of amides is 2. The molecule has 0 N–H and O–H groups in total. The average molecular weight is 706 g/mol. The molecule has 0 aliphatic carbocycles. The van der Waals surface area contributed by atoms with Gasteiger partial charge in [-0.05, 0) is 55.8 Å². The van der Waals surface area contributed by atoms with Crippen molar-refractivity contribution in [1.82, 2.24) is 9.97 Å². The molecule has 7 rings (SSSR count). The van der Waals surface area contributed by atoms with E-state index in [9.17, 15) is 9.59 Å². The van der Waals surface area contributed by atoms with E-state index in [4.69, 9.17) is 44.8 Å². The number of rotatable bonds is 7. The Morgan fingerprint density at radius 2 is 0.978 bits per heavy atom. The lowest BCUT2D eigenvalue weighted by atomic mass is 9.73. The number of carbonyl (C=O) groups excluding carboxylic acids is 2. The normalized spacial score (nSPS) is 18.7. The highest BCUT2D eigenvalue weighted by atomic mass is 35.5. The molecule has 5 aromatic rings. The predicted octanol–water partition coefficient (Wildman–Crippen LogP) is 9.06. The van der Waals surface area contributed by atoms with Crippen molar-refractivity contribution in [3.8, 4) is 22.5 Å². The van der Waals surface area contributed by atoms with Gasteiger partial charge in [0, 0.05) is 54.3 Å². The van der Waals surface area contributed by atoms with Crippen molar-refractivity contribution >= 4 is 91.0 Å². The van der Waals surface area contributed by atoms with Crippen LogP contribution < -0.4 is 10.0 Å². The number of nitrogens with zero attached hydrogens (tertiary/aromatic N) is 6. The smallest absolute Gasteiger partial charge is 0.259 e. The maximum Gasteiger partial charge on any atom is 0.259 e. The molecule has 2 amide bonds. The first-order chi connectivity index (χ1) is 22.2. The second-order valence-electron chi connectivity index (χ2n) is 10.9. The number of halogens is 3. The van der Waals surface area contributed by atoms with Gasteiger partial charge in [0.2, 0.25) is 10.3 Å². The molecule has 46 heavy (non-hydrogen) atoms. The quantitative estimate of drug-likeness (QED) is 0.169. The van der Waals surface area contributed by atoms with E-state index in [1.54, 1.807) is 36.4 Å². The van der Waals surface area contributed by atoms with Gasteiger partial charge in [0.1, 0.15) is 0 Å². The molecule has 3 atom stereocenters. The van der Waals surface area contributed by atoms with E-state index in [-0.39, 0.29) is 11.8 Å². The first-order valence-corrected chi connectivity index (χ1v) is 17.0. The number of carbonyl (C=O) groups is 2. The van der Waals surface area contributed by atoms with Crippen molar-refractivity contribution in [3.63, 3.8) is 0 Å².